The number of rotatable bonds is 5. The lowest BCUT2D eigenvalue weighted by Gasteiger charge is -2.08. The fraction of sp³-hybridized carbons (Fsp3) is 0.143. The van der Waals surface area contributed by atoms with E-state index in [0.717, 1.165) is 0 Å². The van der Waals surface area contributed by atoms with Crippen molar-refractivity contribution in [1.29, 1.82) is 0 Å². The average Bonchev–Trinajstić information content (AvgIpc) is 2.44. The molecule has 0 radical (unpaired) electrons. The van der Waals surface area contributed by atoms with Crippen LogP contribution in [0.25, 0.3) is 0 Å². The number of hydrogen-bond donors (Lipinski definition) is 1. The topological polar surface area (TPSA) is 46.2 Å². The molecule has 3 nitrogen and oxygen atoms in total. The van der Waals surface area contributed by atoms with Gasteiger partial charge in [0.05, 0.1) is 0 Å². The maximum Gasteiger partial charge on any atom is 0.243 e. The van der Waals surface area contributed by atoms with Crippen LogP contribution in [-0.2, 0) is 16.4 Å². The molecule has 0 aliphatic heterocycles. The van der Waals surface area contributed by atoms with E-state index in [-0.39, 0.29) is 13.0 Å². The van der Waals surface area contributed by atoms with E-state index in [1.54, 1.807) is 6.07 Å². The first-order chi connectivity index (χ1) is 10.3. The van der Waals surface area contributed by atoms with Gasteiger partial charge in [-0.2, -0.15) is 0 Å². The molecule has 22 heavy (non-hydrogen) atoms. The van der Waals surface area contributed by atoms with Crippen molar-refractivity contribution in [2.24, 2.45) is 0 Å². The molecule has 0 unspecified atom stereocenters. The molecule has 0 atom stereocenters. The zero-order valence-electron chi connectivity index (χ0n) is 11.1. The van der Waals surface area contributed by atoms with E-state index >= 15 is 0 Å². The molecule has 0 heterocycles. The van der Waals surface area contributed by atoms with E-state index in [0.29, 0.717) is 17.7 Å². The predicted molar refractivity (Wildman–Crippen MR) is 71.6 cm³/mol. The quantitative estimate of drug-likeness (QED) is 0.676. The average molecular weight is 333 g/mol. The Hall–Kier alpha value is -1.93. The van der Waals surface area contributed by atoms with Crippen molar-refractivity contribution >= 4 is 10.0 Å². The van der Waals surface area contributed by atoms with Gasteiger partial charge in [0.25, 0.3) is 0 Å². The van der Waals surface area contributed by atoms with Gasteiger partial charge >= 0.3 is 0 Å². The highest BCUT2D eigenvalue weighted by Crippen LogP contribution is 2.19. The lowest BCUT2D eigenvalue weighted by molar-refractivity contribution is 0.431. The van der Waals surface area contributed by atoms with Gasteiger partial charge in [-0.05, 0) is 36.2 Å². The maximum atomic E-state index is 13.5. The van der Waals surface area contributed by atoms with E-state index in [1.165, 1.54) is 18.2 Å². The standard InChI is InChI=1S/C14H11F4NO2S/c15-10-3-1-2-9(8-10)6-7-19-22(20,21)12-5-4-11(16)13(17)14(12)18/h1-5,8,19H,6-7H2. The molecule has 2 aromatic rings. The van der Waals surface area contributed by atoms with Gasteiger partial charge in [0, 0.05) is 6.54 Å². The predicted octanol–water partition coefficient (Wildman–Crippen LogP) is 2.76. The molecule has 0 saturated heterocycles. The number of nitrogens with one attached hydrogen (secondary N) is 1. The van der Waals surface area contributed by atoms with E-state index in [4.69, 9.17) is 0 Å². The first kappa shape index (κ1) is 16.4. The van der Waals surface area contributed by atoms with Gasteiger partial charge in [0.2, 0.25) is 10.0 Å². The molecule has 2 rings (SSSR count). The van der Waals surface area contributed by atoms with Gasteiger partial charge in [0.15, 0.2) is 17.5 Å². The molecule has 0 aliphatic carbocycles. The minimum atomic E-state index is -4.34. The molecule has 0 aliphatic rings. The second-order valence-electron chi connectivity index (χ2n) is 4.45. The van der Waals surface area contributed by atoms with Gasteiger partial charge < -0.3 is 0 Å². The molecule has 0 saturated carbocycles. The van der Waals surface area contributed by atoms with Crippen molar-refractivity contribution in [1.82, 2.24) is 4.72 Å². The van der Waals surface area contributed by atoms with Gasteiger partial charge in [0.1, 0.15) is 10.7 Å². The molecule has 0 amide bonds. The maximum absolute atomic E-state index is 13.5. The molecule has 1 N–H and O–H groups in total. The number of hydrogen-bond acceptors (Lipinski definition) is 2. The third kappa shape index (κ3) is 3.63. The fourth-order valence-electron chi connectivity index (χ4n) is 1.82. The minimum Gasteiger partial charge on any atom is -0.211 e. The van der Waals surface area contributed by atoms with Crippen LogP contribution in [0.15, 0.2) is 41.3 Å². The van der Waals surface area contributed by atoms with E-state index in [2.05, 4.69) is 4.72 Å². The number of halogens is 4. The van der Waals surface area contributed by atoms with Crippen molar-refractivity contribution in [2.45, 2.75) is 11.3 Å². The zero-order chi connectivity index (χ0) is 16.3. The van der Waals surface area contributed by atoms with Crippen LogP contribution in [0.4, 0.5) is 17.6 Å². The summed E-state index contributed by atoms with van der Waals surface area (Å²) >= 11 is 0. The lowest BCUT2D eigenvalue weighted by atomic mass is 10.1. The Kier molecular flexibility index (Phi) is 4.82. The van der Waals surface area contributed by atoms with Crippen LogP contribution in [0.2, 0.25) is 0 Å². The highest BCUT2D eigenvalue weighted by Gasteiger charge is 2.23. The summed E-state index contributed by atoms with van der Waals surface area (Å²) in [5, 5.41) is 0. The van der Waals surface area contributed by atoms with Crippen LogP contribution < -0.4 is 4.72 Å². The Balaban J connectivity index is 2.10. The van der Waals surface area contributed by atoms with Crippen LogP contribution in [0.5, 0.6) is 0 Å². The Morgan fingerprint density at radius 3 is 2.36 bits per heavy atom. The van der Waals surface area contributed by atoms with Crippen molar-refractivity contribution in [3.63, 3.8) is 0 Å². The van der Waals surface area contributed by atoms with Gasteiger partial charge in [-0.15, -0.1) is 0 Å². The van der Waals surface area contributed by atoms with Crippen LogP contribution in [0.1, 0.15) is 5.56 Å². The Morgan fingerprint density at radius 1 is 0.955 bits per heavy atom. The second-order valence-corrected chi connectivity index (χ2v) is 6.19. The molecular formula is C14H11F4NO2S. The normalized spacial score (nSPS) is 11.6. The molecule has 2 aromatic carbocycles. The number of benzene rings is 2. The smallest absolute Gasteiger partial charge is 0.211 e. The first-order valence-corrected chi connectivity index (χ1v) is 7.67. The summed E-state index contributed by atoms with van der Waals surface area (Å²) in [7, 11) is -4.34. The SMILES string of the molecule is O=S(=O)(NCCc1cccc(F)c1)c1ccc(F)c(F)c1F. The summed E-state index contributed by atoms with van der Waals surface area (Å²) in [4.78, 5) is -0.981. The molecular weight excluding hydrogens is 322 g/mol. The summed E-state index contributed by atoms with van der Waals surface area (Å²) in [6.45, 7) is -0.149. The zero-order valence-corrected chi connectivity index (χ0v) is 11.9. The summed E-state index contributed by atoms with van der Waals surface area (Å²) in [5.41, 5.74) is 0.536. The van der Waals surface area contributed by atoms with Crippen molar-refractivity contribution in [3.05, 3.63) is 65.2 Å². The Labute approximate surface area is 124 Å². The second kappa shape index (κ2) is 6.45. The Morgan fingerprint density at radius 2 is 1.68 bits per heavy atom. The molecule has 8 heteroatoms. The van der Waals surface area contributed by atoms with Gasteiger partial charge in [-0.3, -0.25) is 0 Å². The van der Waals surface area contributed by atoms with Crippen molar-refractivity contribution in [3.8, 4) is 0 Å². The summed E-state index contributed by atoms with van der Waals surface area (Å²) in [5.74, 6) is -5.57. The van der Waals surface area contributed by atoms with Crippen molar-refractivity contribution < 1.29 is 26.0 Å². The van der Waals surface area contributed by atoms with Crippen molar-refractivity contribution in [2.75, 3.05) is 6.54 Å². The molecule has 0 spiro atoms. The van der Waals surface area contributed by atoms with Crippen LogP contribution in [0.3, 0.4) is 0 Å². The largest absolute Gasteiger partial charge is 0.243 e. The van der Waals surface area contributed by atoms with E-state index in [9.17, 15) is 26.0 Å². The molecule has 0 aromatic heterocycles. The fourth-order valence-corrected chi connectivity index (χ4v) is 2.91. The summed E-state index contributed by atoms with van der Waals surface area (Å²) in [6, 6.07) is 6.69. The van der Waals surface area contributed by atoms with Crippen LogP contribution >= 0.6 is 0 Å². The molecule has 0 fully saturated rings. The van der Waals surface area contributed by atoms with E-state index < -0.39 is 38.2 Å². The first-order valence-electron chi connectivity index (χ1n) is 6.19. The third-order valence-corrected chi connectivity index (χ3v) is 4.36. The Bertz CT molecular complexity index is 793. The van der Waals surface area contributed by atoms with E-state index in [1.807, 2.05) is 0 Å². The lowest BCUT2D eigenvalue weighted by Crippen LogP contribution is -2.27. The highest BCUT2D eigenvalue weighted by molar-refractivity contribution is 7.89. The molecule has 118 valence electrons. The van der Waals surface area contributed by atoms with Crippen LogP contribution in [-0.4, -0.2) is 15.0 Å². The van der Waals surface area contributed by atoms with Crippen LogP contribution in [0, 0.1) is 23.3 Å². The summed E-state index contributed by atoms with van der Waals surface area (Å²) < 4.78 is 78.1. The monoisotopic (exact) mass is 333 g/mol. The third-order valence-electron chi connectivity index (χ3n) is 2.88. The summed E-state index contributed by atoms with van der Waals surface area (Å²) in [6.07, 6.45) is 0.155. The highest BCUT2D eigenvalue weighted by atomic mass is 32.2. The minimum absolute atomic E-state index is 0.149. The number of sulfonamides is 1. The van der Waals surface area contributed by atoms with Gasteiger partial charge in [-0.1, -0.05) is 12.1 Å². The molecule has 0 bridgehead atoms. The van der Waals surface area contributed by atoms with Gasteiger partial charge in [-0.25, -0.2) is 30.7 Å².